The molecular formula is C13H18O3. The molecule has 0 N–H and O–H groups in total. The monoisotopic (exact) mass is 222 g/mol. The van der Waals surface area contributed by atoms with Crippen molar-refractivity contribution in [3.8, 4) is 0 Å². The molecule has 0 radical (unpaired) electrons. The fraction of sp³-hybridized carbons (Fsp3) is 0.462. The van der Waals surface area contributed by atoms with Gasteiger partial charge in [-0.1, -0.05) is 24.6 Å². The van der Waals surface area contributed by atoms with Crippen LogP contribution in [-0.4, -0.2) is 12.1 Å². The lowest BCUT2D eigenvalue weighted by Crippen LogP contribution is -2.13. The van der Waals surface area contributed by atoms with Crippen LogP contribution in [0.3, 0.4) is 0 Å². The molecule has 0 aromatic heterocycles. The highest BCUT2D eigenvalue weighted by Crippen LogP contribution is 2.12. The van der Waals surface area contributed by atoms with Crippen LogP contribution < -0.4 is 0 Å². The molecule has 0 aliphatic heterocycles. The van der Waals surface area contributed by atoms with Crippen molar-refractivity contribution in [3.05, 3.63) is 34.9 Å². The minimum atomic E-state index is -0.433. The maximum absolute atomic E-state index is 11.6. The van der Waals surface area contributed by atoms with Gasteiger partial charge in [-0.25, -0.2) is 4.79 Å². The predicted molar refractivity (Wildman–Crippen MR) is 62.2 cm³/mol. The highest BCUT2D eigenvalue weighted by molar-refractivity contribution is 5.90. The zero-order valence-corrected chi connectivity index (χ0v) is 10.2. The molecule has 88 valence electrons. The number of benzene rings is 1. The summed E-state index contributed by atoms with van der Waals surface area (Å²) in [6, 6.07) is 5.58. The van der Waals surface area contributed by atoms with Crippen molar-refractivity contribution in [1.82, 2.24) is 0 Å². The summed E-state index contributed by atoms with van der Waals surface area (Å²) in [5.41, 5.74) is 2.57. The largest absolute Gasteiger partial charge is 0.373 e. The van der Waals surface area contributed by atoms with Crippen molar-refractivity contribution < 1.29 is 14.6 Å². The van der Waals surface area contributed by atoms with E-state index >= 15 is 0 Å². The number of hydrogen-bond acceptors (Lipinski definition) is 3. The van der Waals surface area contributed by atoms with Crippen LogP contribution in [-0.2, 0) is 9.78 Å². The lowest BCUT2D eigenvalue weighted by molar-refractivity contribution is -0.270. The van der Waals surface area contributed by atoms with E-state index in [0.717, 1.165) is 17.5 Å². The summed E-state index contributed by atoms with van der Waals surface area (Å²) in [4.78, 5) is 21.4. The van der Waals surface area contributed by atoms with Gasteiger partial charge in [0.15, 0.2) is 0 Å². The van der Waals surface area contributed by atoms with Crippen molar-refractivity contribution in [3.63, 3.8) is 0 Å². The van der Waals surface area contributed by atoms with E-state index in [1.807, 2.05) is 39.8 Å². The van der Waals surface area contributed by atoms with Gasteiger partial charge in [-0.15, -0.1) is 0 Å². The van der Waals surface area contributed by atoms with Crippen molar-refractivity contribution in [1.29, 1.82) is 0 Å². The molecule has 0 aliphatic rings. The second-order valence-corrected chi connectivity index (χ2v) is 4.00. The fourth-order valence-electron chi connectivity index (χ4n) is 1.28. The van der Waals surface area contributed by atoms with Gasteiger partial charge in [-0.2, -0.15) is 4.89 Å². The Morgan fingerprint density at radius 1 is 1.38 bits per heavy atom. The van der Waals surface area contributed by atoms with Crippen LogP contribution in [0, 0.1) is 13.8 Å². The summed E-state index contributed by atoms with van der Waals surface area (Å²) in [6.45, 7) is 7.69. The summed E-state index contributed by atoms with van der Waals surface area (Å²) in [5.74, 6) is -0.433. The SMILES string of the molecule is CCC(C)OOC(=O)c1ccc(C)cc1C. The molecule has 0 saturated heterocycles. The Hall–Kier alpha value is -1.35. The second kappa shape index (κ2) is 5.66. The Bertz CT molecular complexity index is 371. The van der Waals surface area contributed by atoms with Gasteiger partial charge in [0, 0.05) is 0 Å². The molecule has 1 rings (SSSR count). The highest BCUT2D eigenvalue weighted by atomic mass is 17.2. The summed E-state index contributed by atoms with van der Waals surface area (Å²) < 4.78 is 0. The van der Waals surface area contributed by atoms with E-state index < -0.39 is 5.97 Å². The normalized spacial score (nSPS) is 12.2. The van der Waals surface area contributed by atoms with Crippen LogP contribution in [0.1, 0.15) is 41.8 Å². The van der Waals surface area contributed by atoms with Crippen LogP contribution >= 0.6 is 0 Å². The first-order valence-electron chi connectivity index (χ1n) is 5.49. The Balaban J connectivity index is 2.66. The Kier molecular flexibility index (Phi) is 4.50. The van der Waals surface area contributed by atoms with Crippen LogP contribution in [0.15, 0.2) is 18.2 Å². The standard InChI is InChI=1S/C13H18O3/c1-5-11(4)15-16-13(14)12-7-6-9(2)8-10(12)3/h6-8,11H,5H2,1-4H3. The molecule has 1 unspecified atom stereocenters. The molecule has 0 amide bonds. The summed E-state index contributed by atoms with van der Waals surface area (Å²) in [7, 11) is 0. The zero-order valence-electron chi connectivity index (χ0n) is 10.2. The first kappa shape index (κ1) is 12.7. The van der Waals surface area contributed by atoms with Crippen molar-refractivity contribution in [2.75, 3.05) is 0 Å². The van der Waals surface area contributed by atoms with Crippen molar-refractivity contribution >= 4 is 5.97 Å². The summed E-state index contributed by atoms with van der Waals surface area (Å²) >= 11 is 0. The minimum Gasteiger partial charge on any atom is -0.293 e. The van der Waals surface area contributed by atoms with Gasteiger partial charge >= 0.3 is 5.97 Å². The lowest BCUT2D eigenvalue weighted by atomic mass is 10.1. The van der Waals surface area contributed by atoms with Crippen molar-refractivity contribution in [2.45, 2.75) is 40.2 Å². The van der Waals surface area contributed by atoms with E-state index in [2.05, 4.69) is 0 Å². The van der Waals surface area contributed by atoms with E-state index in [1.165, 1.54) is 0 Å². The maximum Gasteiger partial charge on any atom is 0.373 e. The lowest BCUT2D eigenvalue weighted by Gasteiger charge is -2.10. The highest BCUT2D eigenvalue weighted by Gasteiger charge is 2.12. The van der Waals surface area contributed by atoms with E-state index in [9.17, 15) is 4.79 Å². The number of rotatable bonds is 4. The van der Waals surface area contributed by atoms with E-state index in [4.69, 9.17) is 9.78 Å². The molecule has 0 heterocycles. The first-order valence-corrected chi connectivity index (χ1v) is 5.49. The summed E-state index contributed by atoms with van der Waals surface area (Å²) in [6.07, 6.45) is 0.731. The topological polar surface area (TPSA) is 35.5 Å². The van der Waals surface area contributed by atoms with Crippen LogP contribution in [0.25, 0.3) is 0 Å². The molecule has 1 aromatic rings. The average molecular weight is 222 g/mol. The Morgan fingerprint density at radius 3 is 2.62 bits per heavy atom. The van der Waals surface area contributed by atoms with Gasteiger partial charge in [0.25, 0.3) is 0 Å². The average Bonchev–Trinajstić information content (AvgIpc) is 2.25. The summed E-state index contributed by atoms with van der Waals surface area (Å²) in [5, 5.41) is 0. The van der Waals surface area contributed by atoms with Gasteiger partial charge in [0.2, 0.25) is 0 Å². The molecule has 1 aromatic carbocycles. The molecule has 0 aliphatic carbocycles. The predicted octanol–water partition coefficient (Wildman–Crippen LogP) is 3.19. The number of aryl methyl sites for hydroxylation is 2. The Morgan fingerprint density at radius 2 is 2.06 bits per heavy atom. The number of carbonyl (C=O) groups excluding carboxylic acids is 1. The third-order valence-electron chi connectivity index (χ3n) is 2.46. The van der Waals surface area contributed by atoms with E-state index in [0.29, 0.717) is 5.56 Å². The third-order valence-corrected chi connectivity index (χ3v) is 2.46. The third kappa shape index (κ3) is 3.35. The van der Waals surface area contributed by atoms with Crippen LogP contribution in [0.4, 0.5) is 0 Å². The van der Waals surface area contributed by atoms with Gasteiger partial charge < -0.3 is 0 Å². The van der Waals surface area contributed by atoms with Crippen molar-refractivity contribution in [2.24, 2.45) is 0 Å². The van der Waals surface area contributed by atoms with E-state index in [1.54, 1.807) is 6.07 Å². The molecular weight excluding hydrogens is 204 g/mol. The number of carbonyl (C=O) groups is 1. The van der Waals surface area contributed by atoms with Gasteiger partial charge in [-0.05, 0) is 38.8 Å². The second-order valence-electron chi connectivity index (χ2n) is 4.00. The quantitative estimate of drug-likeness (QED) is 0.579. The molecule has 16 heavy (non-hydrogen) atoms. The smallest absolute Gasteiger partial charge is 0.293 e. The molecule has 0 saturated carbocycles. The van der Waals surface area contributed by atoms with Gasteiger partial charge in [0.1, 0.15) is 6.10 Å². The Labute approximate surface area is 96.3 Å². The van der Waals surface area contributed by atoms with Crippen LogP contribution in [0.5, 0.6) is 0 Å². The molecule has 3 heteroatoms. The molecule has 1 atom stereocenters. The number of hydrogen-bond donors (Lipinski definition) is 0. The minimum absolute atomic E-state index is 0.0743. The molecule has 0 fully saturated rings. The first-order chi connectivity index (χ1) is 7.54. The van der Waals surface area contributed by atoms with Gasteiger partial charge in [0.05, 0.1) is 5.56 Å². The molecule has 0 spiro atoms. The van der Waals surface area contributed by atoms with Crippen LogP contribution in [0.2, 0.25) is 0 Å². The maximum atomic E-state index is 11.6. The van der Waals surface area contributed by atoms with Gasteiger partial charge in [-0.3, -0.25) is 4.89 Å². The zero-order chi connectivity index (χ0) is 12.1. The molecule has 0 bridgehead atoms. The van der Waals surface area contributed by atoms with E-state index in [-0.39, 0.29) is 6.10 Å². The fourth-order valence-corrected chi connectivity index (χ4v) is 1.28. The molecule has 3 nitrogen and oxygen atoms in total.